The van der Waals surface area contributed by atoms with Crippen molar-refractivity contribution < 1.29 is 9.72 Å². The van der Waals surface area contributed by atoms with Crippen molar-refractivity contribution >= 4 is 66.2 Å². The number of carbonyl (C=O) groups excluding carboxylic acids is 1. The summed E-state index contributed by atoms with van der Waals surface area (Å²) in [6, 6.07) is 11.6. The molecule has 0 fully saturated rings. The average Bonchev–Trinajstić information content (AvgIpc) is 3.24. The third-order valence-corrected chi connectivity index (χ3v) is 6.47. The zero-order valence-corrected chi connectivity index (χ0v) is 16.5. The lowest BCUT2D eigenvalue weighted by atomic mass is 10.2. The number of amides is 1. The molecule has 0 atom stereocenters. The minimum Gasteiger partial charge on any atom is -0.303 e. The van der Waals surface area contributed by atoms with Crippen LogP contribution in [-0.2, 0) is 6.54 Å². The average molecular weight is 428 g/mol. The van der Waals surface area contributed by atoms with Crippen molar-refractivity contribution in [2.75, 3.05) is 0 Å². The molecular formula is C19H10ClN3O3S2. The largest absolute Gasteiger partial charge is 0.303 e. The first kappa shape index (κ1) is 18.4. The van der Waals surface area contributed by atoms with Crippen LogP contribution in [-0.4, -0.2) is 15.4 Å². The van der Waals surface area contributed by atoms with Gasteiger partial charge < -0.3 is 4.57 Å². The number of aromatic nitrogens is 1. The highest BCUT2D eigenvalue weighted by molar-refractivity contribution is 7.21. The number of hydrogen-bond donors (Lipinski definition) is 0. The number of thiazole rings is 1. The third-order valence-electron chi connectivity index (χ3n) is 4.02. The molecular weight excluding hydrogens is 418 g/mol. The van der Waals surface area contributed by atoms with Crippen LogP contribution in [0.25, 0.3) is 20.3 Å². The number of terminal acetylenes is 1. The molecule has 2 heterocycles. The van der Waals surface area contributed by atoms with Crippen molar-refractivity contribution in [3.8, 4) is 12.3 Å². The van der Waals surface area contributed by atoms with Gasteiger partial charge in [-0.3, -0.25) is 14.9 Å². The van der Waals surface area contributed by atoms with E-state index in [4.69, 9.17) is 18.0 Å². The number of rotatable bonds is 3. The van der Waals surface area contributed by atoms with Crippen molar-refractivity contribution in [2.45, 2.75) is 6.54 Å². The van der Waals surface area contributed by atoms with Crippen LogP contribution in [0, 0.1) is 22.5 Å². The van der Waals surface area contributed by atoms with Gasteiger partial charge in [-0.25, -0.2) is 0 Å². The van der Waals surface area contributed by atoms with Crippen molar-refractivity contribution in [3.63, 3.8) is 0 Å². The number of carbonyl (C=O) groups is 1. The Labute approximate surface area is 171 Å². The normalized spacial score (nSPS) is 11.8. The van der Waals surface area contributed by atoms with Gasteiger partial charge >= 0.3 is 0 Å². The molecule has 4 rings (SSSR count). The minimum atomic E-state index is -0.466. The van der Waals surface area contributed by atoms with Gasteiger partial charge in [0, 0.05) is 22.2 Å². The fourth-order valence-corrected chi connectivity index (χ4v) is 5.12. The monoisotopic (exact) mass is 427 g/mol. The summed E-state index contributed by atoms with van der Waals surface area (Å²) in [4.78, 5) is 28.3. The first-order valence-electron chi connectivity index (χ1n) is 7.96. The number of nitrogens with zero attached hydrogens (tertiary/aromatic N) is 3. The highest BCUT2D eigenvalue weighted by atomic mass is 35.5. The molecule has 28 heavy (non-hydrogen) atoms. The second-order valence-corrected chi connectivity index (χ2v) is 8.27. The fraction of sp³-hybridized carbons (Fsp3) is 0.0526. The fourth-order valence-electron chi connectivity index (χ4n) is 2.80. The first-order valence-corrected chi connectivity index (χ1v) is 9.97. The Balaban J connectivity index is 1.83. The molecule has 4 aromatic rings. The van der Waals surface area contributed by atoms with E-state index < -0.39 is 10.8 Å². The molecule has 9 heteroatoms. The number of para-hydroxylation sites is 1. The van der Waals surface area contributed by atoms with Gasteiger partial charge in [-0.2, -0.15) is 4.99 Å². The molecule has 138 valence electrons. The minimum absolute atomic E-state index is 0.0211. The molecule has 0 saturated heterocycles. The van der Waals surface area contributed by atoms with Crippen LogP contribution in [0.4, 0.5) is 5.69 Å². The van der Waals surface area contributed by atoms with Crippen LogP contribution in [0.2, 0.25) is 5.02 Å². The van der Waals surface area contributed by atoms with Gasteiger partial charge in [0.1, 0.15) is 0 Å². The summed E-state index contributed by atoms with van der Waals surface area (Å²) in [7, 11) is 0. The van der Waals surface area contributed by atoms with E-state index in [2.05, 4.69) is 10.9 Å². The SMILES string of the molecule is C#CCn1c(=NC(=O)c2cc3cc([N+](=O)[O-])ccc3s2)sc2cccc(Cl)c21. The second-order valence-electron chi connectivity index (χ2n) is 5.77. The number of hydrogen-bond acceptors (Lipinski definition) is 5. The summed E-state index contributed by atoms with van der Waals surface area (Å²) in [6.07, 6.45) is 5.47. The van der Waals surface area contributed by atoms with Gasteiger partial charge in [0.25, 0.3) is 11.6 Å². The first-order chi connectivity index (χ1) is 13.5. The number of thiophene rings is 1. The zero-order valence-electron chi connectivity index (χ0n) is 14.1. The number of nitro groups is 1. The summed E-state index contributed by atoms with van der Waals surface area (Å²) in [5, 5.41) is 12.1. The molecule has 0 spiro atoms. The Kier molecular flexibility index (Phi) is 4.73. The van der Waals surface area contributed by atoms with Crippen LogP contribution in [0.5, 0.6) is 0 Å². The molecule has 0 aliphatic heterocycles. The van der Waals surface area contributed by atoms with Gasteiger partial charge in [-0.05, 0) is 24.3 Å². The lowest BCUT2D eigenvalue weighted by Gasteiger charge is -2.01. The smallest absolute Gasteiger partial charge is 0.289 e. The van der Waals surface area contributed by atoms with E-state index in [1.165, 1.54) is 34.8 Å². The van der Waals surface area contributed by atoms with Gasteiger partial charge in [0.05, 0.1) is 31.6 Å². The quantitative estimate of drug-likeness (QED) is 0.266. The molecule has 0 bridgehead atoms. The van der Waals surface area contributed by atoms with Crippen LogP contribution in [0.3, 0.4) is 0 Å². The maximum atomic E-state index is 12.7. The molecule has 0 aliphatic rings. The summed E-state index contributed by atoms with van der Waals surface area (Å²) in [5.74, 6) is 2.13. The zero-order chi connectivity index (χ0) is 19.8. The number of benzene rings is 2. The summed E-state index contributed by atoms with van der Waals surface area (Å²) in [6.45, 7) is 0.231. The number of halogens is 1. The topological polar surface area (TPSA) is 77.5 Å². The molecule has 0 saturated carbocycles. The summed E-state index contributed by atoms with van der Waals surface area (Å²) >= 11 is 8.86. The van der Waals surface area contributed by atoms with Gasteiger partial charge in [-0.15, -0.1) is 17.8 Å². The van der Waals surface area contributed by atoms with Crippen molar-refractivity contribution in [1.82, 2.24) is 4.57 Å². The lowest BCUT2D eigenvalue weighted by Crippen LogP contribution is -2.16. The lowest BCUT2D eigenvalue weighted by molar-refractivity contribution is -0.384. The highest BCUT2D eigenvalue weighted by Gasteiger charge is 2.15. The van der Waals surface area contributed by atoms with E-state index in [1.54, 1.807) is 22.8 Å². The van der Waals surface area contributed by atoms with Crippen molar-refractivity contribution in [1.29, 1.82) is 0 Å². The predicted octanol–water partition coefficient (Wildman–Crippen LogP) is 4.85. The van der Waals surface area contributed by atoms with Crippen LogP contribution >= 0.6 is 34.3 Å². The maximum absolute atomic E-state index is 12.7. The Morgan fingerprint density at radius 3 is 2.82 bits per heavy atom. The van der Waals surface area contributed by atoms with Crippen molar-refractivity contribution in [3.05, 3.63) is 67.3 Å². The molecule has 2 aromatic heterocycles. The van der Waals surface area contributed by atoms with E-state index >= 15 is 0 Å². The Hall–Kier alpha value is -2.99. The number of fused-ring (bicyclic) bond motifs is 2. The van der Waals surface area contributed by atoms with Crippen LogP contribution in [0.1, 0.15) is 9.67 Å². The van der Waals surface area contributed by atoms with Gasteiger partial charge in [0.15, 0.2) is 4.80 Å². The molecule has 0 aliphatic carbocycles. The van der Waals surface area contributed by atoms with E-state index in [0.29, 0.717) is 20.1 Å². The molecule has 2 aromatic carbocycles. The molecule has 0 unspecified atom stereocenters. The standard InChI is InChI=1S/C19H10ClN3O3S2/c1-2-8-22-17-13(20)4-3-5-15(17)28-19(22)21-18(24)16-10-11-9-12(23(25)26)6-7-14(11)27-16/h1,3-7,9-10H,8H2. The van der Waals surface area contributed by atoms with E-state index in [0.717, 1.165) is 14.9 Å². The summed E-state index contributed by atoms with van der Waals surface area (Å²) in [5.41, 5.74) is 0.720. The Morgan fingerprint density at radius 2 is 2.07 bits per heavy atom. The number of nitro benzene ring substituents is 1. The number of non-ortho nitro benzene ring substituents is 1. The molecule has 0 radical (unpaired) electrons. The van der Waals surface area contributed by atoms with E-state index in [1.807, 2.05) is 12.1 Å². The Bertz CT molecular complexity index is 1370. The molecule has 6 nitrogen and oxygen atoms in total. The third kappa shape index (κ3) is 3.20. The van der Waals surface area contributed by atoms with E-state index in [-0.39, 0.29) is 12.2 Å². The second kappa shape index (κ2) is 7.20. The molecule has 1 amide bonds. The molecule has 0 N–H and O–H groups in total. The Morgan fingerprint density at radius 1 is 1.25 bits per heavy atom. The predicted molar refractivity (Wildman–Crippen MR) is 112 cm³/mol. The van der Waals surface area contributed by atoms with Gasteiger partial charge in [0.2, 0.25) is 0 Å². The van der Waals surface area contributed by atoms with Gasteiger partial charge in [-0.1, -0.05) is 34.9 Å². The van der Waals surface area contributed by atoms with Crippen LogP contribution < -0.4 is 4.80 Å². The van der Waals surface area contributed by atoms with Crippen LogP contribution in [0.15, 0.2) is 47.5 Å². The summed E-state index contributed by atoms with van der Waals surface area (Å²) < 4.78 is 3.39. The van der Waals surface area contributed by atoms with E-state index in [9.17, 15) is 14.9 Å². The van der Waals surface area contributed by atoms with Crippen molar-refractivity contribution in [2.24, 2.45) is 4.99 Å². The maximum Gasteiger partial charge on any atom is 0.289 e. The highest BCUT2D eigenvalue weighted by Crippen LogP contribution is 2.30.